The summed E-state index contributed by atoms with van der Waals surface area (Å²) in [7, 11) is 0. The van der Waals surface area contributed by atoms with Crippen molar-refractivity contribution in [2.45, 2.75) is 13.8 Å². The van der Waals surface area contributed by atoms with Gasteiger partial charge in [0.2, 0.25) is 0 Å². The van der Waals surface area contributed by atoms with Crippen LogP contribution in [0.2, 0.25) is 5.02 Å². The number of rotatable bonds is 9. The first-order valence-electron chi connectivity index (χ1n) is 10.7. The molecule has 4 aromatic rings. The normalized spacial score (nSPS) is 11.1. The molecule has 0 saturated heterocycles. The SMILES string of the molecule is CCN(CC)COc1ncc(F)c(Nc2ccc3[nH]nc(NC(=O)c4ccc(Cl)cc4)c3c2)n1. The molecule has 0 radical (unpaired) electrons. The van der Waals surface area contributed by atoms with Gasteiger partial charge in [0.1, 0.15) is 6.73 Å². The number of anilines is 3. The summed E-state index contributed by atoms with van der Waals surface area (Å²) in [5.74, 6) is -0.650. The number of amides is 1. The highest BCUT2D eigenvalue weighted by atomic mass is 35.5. The number of hydrogen-bond donors (Lipinski definition) is 3. The monoisotopic (exact) mass is 483 g/mol. The van der Waals surface area contributed by atoms with E-state index in [1.807, 2.05) is 18.7 Å². The second kappa shape index (κ2) is 10.4. The molecular formula is C23H23ClFN7O2. The average molecular weight is 484 g/mol. The number of carbonyl (C=O) groups is 1. The molecule has 9 nitrogen and oxygen atoms in total. The minimum absolute atomic E-state index is 0.0286. The van der Waals surface area contributed by atoms with Gasteiger partial charge in [-0.25, -0.2) is 9.37 Å². The van der Waals surface area contributed by atoms with Gasteiger partial charge >= 0.3 is 6.01 Å². The van der Waals surface area contributed by atoms with Gasteiger partial charge in [0.25, 0.3) is 5.91 Å². The van der Waals surface area contributed by atoms with Gasteiger partial charge < -0.3 is 15.4 Å². The Labute approximate surface area is 200 Å². The molecule has 2 aromatic heterocycles. The van der Waals surface area contributed by atoms with Crippen LogP contribution in [-0.2, 0) is 0 Å². The summed E-state index contributed by atoms with van der Waals surface area (Å²) in [5, 5.41) is 13.9. The van der Waals surface area contributed by atoms with Gasteiger partial charge in [-0.05, 0) is 55.6 Å². The van der Waals surface area contributed by atoms with Crippen molar-refractivity contribution in [3.8, 4) is 6.01 Å². The zero-order chi connectivity index (χ0) is 24.1. The second-order valence-electron chi connectivity index (χ2n) is 7.34. The van der Waals surface area contributed by atoms with Crippen LogP contribution < -0.4 is 15.4 Å². The Morgan fingerprint density at radius 2 is 1.91 bits per heavy atom. The van der Waals surface area contributed by atoms with Crippen LogP contribution in [0.3, 0.4) is 0 Å². The zero-order valence-corrected chi connectivity index (χ0v) is 19.4. The molecule has 0 aliphatic carbocycles. The molecule has 0 saturated carbocycles. The number of carbonyl (C=O) groups excluding carboxylic acids is 1. The van der Waals surface area contributed by atoms with Gasteiger partial charge in [-0.2, -0.15) is 10.1 Å². The van der Waals surface area contributed by atoms with Crippen LogP contribution in [0.15, 0.2) is 48.7 Å². The largest absolute Gasteiger partial charge is 0.447 e. The summed E-state index contributed by atoms with van der Waals surface area (Å²) in [4.78, 5) is 22.6. The zero-order valence-electron chi connectivity index (χ0n) is 18.6. The van der Waals surface area contributed by atoms with Crippen molar-refractivity contribution >= 4 is 45.7 Å². The lowest BCUT2D eigenvalue weighted by Crippen LogP contribution is -2.28. The number of fused-ring (bicyclic) bond motifs is 1. The van der Waals surface area contributed by atoms with Gasteiger partial charge in [0.05, 0.1) is 11.7 Å². The van der Waals surface area contributed by atoms with E-state index in [2.05, 4.69) is 30.8 Å². The molecule has 11 heteroatoms. The van der Waals surface area contributed by atoms with E-state index in [4.69, 9.17) is 16.3 Å². The number of H-pyrrole nitrogens is 1. The maximum Gasteiger partial charge on any atom is 0.319 e. The van der Waals surface area contributed by atoms with Crippen LogP contribution in [0, 0.1) is 5.82 Å². The van der Waals surface area contributed by atoms with Gasteiger partial charge in [0, 0.05) is 21.7 Å². The summed E-state index contributed by atoms with van der Waals surface area (Å²) < 4.78 is 19.9. The fraction of sp³-hybridized carbons (Fsp3) is 0.217. The Hall–Kier alpha value is -3.76. The van der Waals surface area contributed by atoms with Crippen LogP contribution in [0.5, 0.6) is 6.01 Å². The Bertz CT molecular complexity index is 1290. The van der Waals surface area contributed by atoms with Crippen molar-refractivity contribution in [3.63, 3.8) is 0 Å². The third-order valence-electron chi connectivity index (χ3n) is 5.16. The van der Waals surface area contributed by atoms with E-state index < -0.39 is 5.82 Å². The Morgan fingerprint density at radius 3 is 2.65 bits per heavy atom. The summed E-state index contributed by atoms with van der Waals surface area (Å²) in [6.45, 7) is 5.96. The highest BCUT2D eigenvalue weighted by Gasteiger charge is 2.14. The molecular weight excluding hydrogens is 461 g/mol. The smallest absolute Gasteiger partial charge is 0.319 e. The number of nitrogens with one attached hydrogen (secondary N) is 3. The maximum absolute atomic E-state index is 14.4. The van der Waals surface area contributed by atoms with E-state index in [-0.39, 0.29) is 17.7 Å². The third-order valence-corrected chi connectivity index (χ3v) is 5.41. The Morgan fingerprint density at radius 1 is 1.15 bits per heavy atom. The highest BCUT2D eigenvalue weighted by molar-refractivity contribution is 6.30. The van der Waals surface area contributed by atoms with E-state index >= 15 is 0 Å². The standard InChI is InChI=1S/C23H23ClFN7O2/c1-3-32(4-2)13-34-23-26-12-18(25)21(29-23)27-16-9-10-19-17(11-16)20(31-30-19)28-22(33)14-5-7-15(24)8-6-14/h5-12H,3-4,13H2,1-2H3,(H,26,27,29)(H2,28,30,31,33). The van der Waals surface area contributed by atoms with Gasteiger partial charge in [0.15, 0.2) is 17.5 Å². The van der Waals surface area contributed by atoms with E-state index in [9.17, 15) is 9.18 Å². The van der Waals surface area contributed by atoms with Gasteiger partial charge in [-0.15, -0.1) is 0 Å². The molecule has 34 heavy (non-hydrogen) atoms. The second-order valence-corrected chi connectivity index (χ2v) is 7.78. The van der Waals surface area contributed by atoms with E-state index in [0.29, 0.717) is 39.7 Å². The minimum atomic E-state index is -0.626. The lowest BCUT2D eigenvalue weighted by atomic mass is 10.2. The molecule has 176 valence electrons. The molecule has 0 fully saturated rings. The predicted octanol–water partition coefficient (Wildman–Crippen LogP) is 4.82. The molecule has 0 atom stereocenters. The number of hydrogen-bond acceptors (Lipinski definition) is 7. The molecule has 0 aliphatic heterocycles. The number of aromatic nitrogens is 4. The van der Waals surface area contributed by atoms with Crippen molar-refractivity contribution in [2.24, 2.45) is 0 Å². The van der Waals surface area contributed by atoms with E-state index in [0.717, 1.165) is 19.3 Å². The maximum atomic E-state index is 14.4. The first-order chi connectivity index (χ1) is 16.5. The molecule has 0 bridgehead atoms. The number of nitrogens with zero attached hydrogens (tertiary/aromatic N) is 4. The Kier molecular flexibility index (Phi) is 7.19. The quantitative estimate of drug-likeness (QED) is 0.293. The van der Waals surface area contributed by atoms with Crippen molar-refractivity contribution in [1.29, 1.82) is 0 Å². The van der Waals surface area contributed by atoms with Crippen molar-refractivity contribution < 1.29 is 13.9 Å². The van der Waals surface area contributed by atoms with Crippen LogP contribution in [0.25, 0.3) is 10.9 Å². The number of aromatic amines is 1. The highest BCUT2D eigenvalue weighted by Crippen LogP contribution is 2.27. The lowest BCUT2D eigenvalue weighted by Gasteiger charge is -2.17. The van der Waals surface area contributed by atoms with E-state index in [1.165, 1.54) is 0 Å². The Balaban J connectivity index is 1.52. The van der Waals surface area contributed by atoms with Gasteiger partial charge in [-0.3, -0.25) is 14.8 Å². The van der Waals surface area contributed by atoms with Crippen LogP contribution in [0.1, 0.15) is 24.2 Å². The van der Waals surface area contributed by atoms with Crippen molar-refractivity contribution in [2.75, 3.05) is 30.5 Å². The summed E-state index contributed by atoms with van der Waals surface area (Å²) in [6.07, 6.45) is 1.06. The van der Waals surface area contributed by atoms with Gasteiger partial charge in [-0.1, -0.05) is 25.4 Å². The number of benzene rings is 2. The fourth-order valence-electron chi connectivity index (χ4n) is 3.17. The topological polar surface area (TPSA) is 108 Å². The van der Waals surface area contributed by atoms with Crippen molar-refractivity contribution in [3.05, 3.63) is 65.1 Å². The minimum Gasteiger partial charge on any atom is -0.447 e. The lowest BCUT2D eigenvalue weighted by molar-refractivity contribution is 0.102. The summed E-state index contributed by atoms with van der Waals surface area (Å²) >= 11 is 5.88. The number of halogens is 2. The third kappa shape index (κ3) is 5.41. The first kappa shape index (κ1) is 23.4. The molecule has 1 amide bonds. The summed E-state index contributed by atoms with van der Waals surface area (Å²) in [5.41, 5.74) is 1.68. The molecule has 2 aromatic carbocycles. The first-order valence-corrected chi connectivity index (χ1v) is 11.0. The van der Waals surface area contributed by atoms with E-state index in [1.54, 1.807) is 42.5 Å². The molecule has 0 aliphatic rings. The predicted molar refractivity (Wildman–Crippen MR) is 129 cm³/mol. The van der Waals surface area contributed by atoms with Crippen molar-refractivity contribution in [1.82, 2.24) is 25.1 Å². The van der Waals surface area contributed by atoms with Crippen LogP contribution in [0.4, 0.5) is 21.7 Å². The van der Waals surface area contributed by atoms with Crippen LogP contribution in [-0.4, -0.2) is 50.8 Å². The number of ether oxygens (including phenoxy) is 1. The summed E-state index contributed by atoms with van der Waals surface area (Å²) in [6, 6.07) is 11.8. The molecule has 2 heterocycles. The molecule has 4 rings (SSSR count). The average Bonchev–Trinajstić information content (AvgIpc) is 3.24. The molecule has 3 N–H and O–H groups in total. The molecule has 0 unspecified atom stereocenters. The van der Waals surface area contributed by atoms with Crippen LogP contribution >= 0.6 is 11.6 Å². The fourth-order valence-corrected chi connectivity index (χ4v) is 3.29. The molecule has 0 spiro atoms.